The molecular weight excluding hydrogens is 335 g/mol. The summed E-state index contributed by atoms with van der Waals surface area (Å²) in [6.45, 7) is 0. The molecule has 0 spiro atoms. The molecule has 0 radical (unpaired) electrons. The number of hydrogen-bond acceptors (Lipinski definition) is 5. The molecule has 0 saturated carbocycles. The lowest BCUT2D eigenvalue weighted by atomic mass is 10.0. The minimum absolute atomic E-state index is 0.0521. The van der Waals surface area contributed by atoms with Gasteiger partial charge in [0.2, 0.25) is 0 Å². The fourth-order valence-electron chi connectivity index (χ4n) is 2.38. The summed E-state index contributed by atoms with van der Waals surface area (Å²) in [5.41, 5.74) is 0.220. The molecule has 3 aromatic rings. The number of rotatable bonds is 3. The summed E-state index contributed by atoms with van der Waals surface area (Å²) in [5, 5.41) is 9.44. The van der Waals surface area contributed by atoms with Crippen LogP contribution in [0.4, 0.5) is 4.39 Å². The second-order valence-electron chi connectivity index (χ2n) is 5.15. The second-order valence-corrected chi connectivity index (χ2v) is 7.13. The lowest BCUT2D eigenvalue weighted by Crippen LogP contribution is -2.06. The van der Waals surface area contributed by atoms with Crippen molar-refractivity contribution >= 4 is 26.8 Å². The molecule has 0 atom stereocenters. The zero-order valence-corrected chi connectivity index (χ0v) is 13.2. The maximum absolute atomic E-state index is 13.4. The molecule has 8 heteroatoms. The molecule has 0 unspecified atom stereocenters. The fraction of sp³-hybridized carbons (Fsp3) is 0.0625. The zero-order valence-electron chi connectivity index (χ0n) is 12.4. The van der Waals surface area contributed by atoms with Crippen molar-refractivity contribution in [1.29, 1.82) is 0 Å². The molecule has 2 heterocycles. The Morgan fingerprint density at radius 1 is 1.17 bits per heavy atom. The van der Waals surface area contributed by atoms with E-state index >= 15 is 0 Å². The van der Waals surface area contributed by atoms with Crippen molar-refractivity contribution in [2.75, 3.05) is 6.26 Å². The van der Waals surface area contributed by atoms with Crippen LogP contribution in [0.5, 0.6) is 0 Å². The highest BCUT2D eigenvalue weighted by Crippen LogP contribution is 2.30. The van der Waals surface area contributed by atoms with E-state index in [0.29, 0.717) is 0 Å². The highest BCUT2D eigenvalue weighted by Gasteiger charge is 2.21. The van der Waals surface area contributed by atoms with E-state index in [0.717, 1.165) is 18.5 Å². The largest absolute Gasteiger partial charge is 0.478 e. The number of benzene rings is 1. The third kappa shape index (κ3) is 2.83. The van der Waals surface area contributed by atoms with E-state index in [1.54, 1.807) is 6.07 Å². The third-order valence-corrected chi connectivity index (χ3v) is 4.56. The summed E-state index contributed by atoms with van der Waals surface area (Å²) >= 11 is 0. The van der Waals surface area contributed by atoms with Crippen molar-refractivity contribution in [3.05, 3.63) is 54.0 Å². The molecule has 0 fully saturated rings. The van der Waals surface area contributed by atoms with Crippen LogP contribution >= 0.6 is 0 Å². The number of hydrogen-bond donors (Lipinski definition) is 1. The Balaban J connectivity index is 2.41. The van der Waals surface area contributed by atoms with Gasteiger partial charge in [0.25, 0.3) is 0 Å². The quantitative estimate of drug-likeness (QED) is 0.783. The first kappa shape index (κ1) is 16.0. The number of carbonyl (C=O) groups is 1. The average molecular weight is 346 g/mol. The molecule has 0 aliphatic carbocycles. The van der Waals surface area contributed by atoms with Crippen molar-refractivity contribution < 1.29 is 22.7 Å². The van der Waals surface area contributed by atoms with Crippen LogP contribution in [0.1, 0.15) is 10.4 Å². The number of aromatic nitrogens is 2. The Kier molecular flexibility index (Phi) is 3.76. The predicted octanol–water partition coefficient (Wildman–Crippen LogP) is 2.54. The minimum atomic E-state index is -3.61. The summed E-state index contributed by atoms with van der Waals surface area (Å²) < 4.78 is 37.3. The highest BCUT2D eigenvalue weighted by molar-refractivity contribution is 7.90. The lowest BCUT2D eigenvalue weighted by Gasteiger charge is -2.11. The lowest BCUT2D eigenvalue weighted by molar-refractivity contribution is 0.0697. The van der Waals surface area contributed by atoms with E-state index in [1.807, 2.05) is 0 Å². The van der Waals surface area contributed by atoms with Crippen LogP contribution in [-0.4, -0.2) is 35.7 Å². The monoisotopic (exact) mass is 346 g/mol. The van der Waals surface area contributed by atoms with Crippen LogP contribution in [0.25, 0.3) is 22.3 Å². The van der Waals surface area contributed by atoms with Crippen LogP contribution in [-0.2, 0) is 9.84 Å². The van der Waals surface area contributed by atoms with E-state index in [4.69, 9.17) is 0 Å². The first-order chi connectivity index (χ1) is 11.3. The van der Waals surface area contributed by atoms with Gasteiger partial charge >= 0.3 is 5.97 Å². The molecule has 1 N–H and O–H groups in total. The van der Waals surface area contributed by atoms with Crippen LogP contribution in [0.15, 0.2) is 47.5 Å². The normalized spacial score (nSPS) is 11.6. The third-order valence-electron chi connectivity index (χ3n) is 3.40. The number of nitrogens with zero attached hydrogens (tertiary/aromatic N) is 2. The number of aromatic carboxylic acids is 1. The molecular formula is C16H11FN2O4S. The molecule has 0 aliphatic heterocycles. The second kappa shape index (κ2) is 5.64. The van der Waals surface area contributed by atoms with Gasteiger partial charge in [-0.15, -0.1) is 0 Å². The minimum Gasteiger partial charge on any atom is -0.478 e. The Hall–Kier alpha value is -2.87. The summed E-state index contributed by atoms with van der Waals surface area (Å²) in [5.74, 6) is -1.91. The van der Waals surface area contributed by atoms with E-state index in [2.05, 4.69) is 9.97 Å². The van der Waals surface area contributed by atoms with Gasteiger partial charge in [-0.25, -0.2) is 22.6 Å². The SMILES string of the molecule is CS(=O)(=O)c1ccccc1-c1nc2cc(F)cnc2cc1C(=O)O. The molecule has 24 heavy (non-hydrogen) atoms. The van der Waals surface area contributed by atoms with Gasteiger partial charge in [0.15, 0.2) is 9.84 Å². The molecule has 6 nitrogen and oxygen atoms in total. The Labute approximate surface area is 136 Å². The highest BCUT2D eigenvalue weighted by atomic mass is 32.2. The molecule has 0 saturated heterocycles. The first-order valence-electron chi connectivity index (χ1n) is 6.76. The molecule has 2 aromatic heterocycles. The topological polar surface area (TPSA) is 97.2 Å². The number of pyridine rings is 2. The van der Waals surface area contributed by atoms with Gasteiger partial charge < -0.3 is 5.11 Å². The van der Waals surface area contributed by atoms with Crippen LogP contribution in [0, 0.1) is 5.82 Å². The van der Waals surface area contributed by atoms with Gasteiger partial charge in [0, 0.05) is 17.9 Å². The molecule has 1 aromatic carbocycles. The number of fused-ring (bicyclic) bond motifs is 1. The van der Waals surface area contributed by atoms with E-state index < -0.39 is 21.6 Å². The maximum atomic E-state index is 13.4. The van der Waals surface area contributed by atoms with Crippen LogP contribution in [0.3, 0.4) is 0 Å². The molecule has 0 amide bonds. The Bertz CT molecular complexity index is 1080. The van der Waals surface area contributed by atoms with Gasteiger partial charge in [-0.05, 0) is 12.1 Å². The Morgan fingerprint density at radius 2 is 1.88 bits per heavy atom. The van der Waals surface area contributed by atoms with E-state index in [-0.39, 0.29) is 32.7 Å². The molecule has 0 aliphatic rings. The molecule has 122 valence electrons. The number of sulfone groups is 1. The van der Waals surface area contributed by atoms with Crippen molar-refractivity contribution in [1.82, 2.24) is 9.97 Å². The van der Waals surface area contributed by atoms with Crippen molar-refractivity contribution in [2.24, 2.45) is 0 Å². The van der Waals surface area contributed by atoms with Crippen LogP contribution < -0.4 is 0 Å². The van der Waals surface area contributed by atoms with E-state index in [9.17, 15) is 22.7 Å². The van der Waals surface area contributed by atoms with Crippen molar-refractivity contribution in [3.8, 4) is 11.3 Å². The fourth-order valence-corrected chi connectivity index (χ4v) is 3.27. The predicted molar refractivity (Wildman–Crippen MR) is 85.0 cm³/mol. The number of carboxylic acids is 1. The number of carboxylic acid groups (broad SMARTS) is 1. The first-order valence-corrected chi connectivity index (χ1v) is 8.65. The van der Waals surface area contributed by atoms with Crippen LogP contribution in [0.2, 0.25) is 0 Å². The summed E-state index contributed by atoms with van der Waals surface area (Å²) in [6.07, 6.45) is 1.98. The summed E-state index contributed by atoms with van der Waals surface area (Å²) in [7, 11) is -3.61. The Morgan fingerprint density at radius 3 is 2.54 bits per heavy atom. The molecule has 0 bridgehead atoms. The van der Waals surface area contributed by atoms with Gasteiger partial charge in [0.05, 0.1) is 33.4 Å². The summed E-state index contributed by atoms with van der Waals surface area (Å²) in [4.78, 5) is 19.5. The molecule has 3 rings (SSSR count). The average Bonchev–Trinajstić information content (AvgIpc) is 2.52. The number of halogens is 1. The standard InChI is InChI=1S/C16H11FN2O4S/c1-24(22,23)14-5-3-2-4-10(14)15-11(16(20)21)7-12-13(19-15)6-9(17)8-18-12/h2-8H,1H3,(H,20,21). The summed E-state index contributed by atoms with van der Waals surface area (Å²) in [6, 6.07) is 8.29. The van der Waals surface area contributed by atoms with Crippen molar-refractivity contribution in [2.45, 2.75) is 4.90 Å². The maximum Gasteiger partial charge on any atom is 0.337 e. The van der Waals surface area contributed by atoms with Crippen molar-refractivity contribution in [3.63, 3.8) is 0 Å². The van der Waals surface area contributed by atoms with E-state index in [1.165, 1.54) is 24.3 Å². The van der Waals surface area contributed by atoms with Gasteiger partial charge in [-0.1, -0.05) is 18.2 Å². The van der Waals surface area contributed by atoms with Gasteiger partial charge in [0.1, 0.15) is 5.82 Å². The smallest absolute Gasteiger partial charge is 0.337 e. The zero-order chi connectivity index (χ0) is 17.5. The van der Waals surface area contributed by atoms with Gasteiger partial charge in [-0.3, -0.25) is 4.98 Å². The van der Waals surface area contributed by atoms with Gasteiger partial charge in [-0.2, -0.15) is 0 Å².